The van der Waals surface area contributed by atoms with Crippen LogP contribution in [-0.4, -0.2) is 19.8 Å². The Kier molecular flexibility index (Phi) is 4.11. The third kappa shape index (κ3) is 4.43. The smallest absolute Gasteiger partial charge is 0.295 e. The van der Waals surface area contributed by atoms with Gasteiger partial charge in [-0.2, -0.15) is 0 Å². The van der Waals surface area contributed by atoms with E-state index in [0.717, 1.165) is 0 Å². The van der Waals surface area contributed by atoms with Crippen LogP contribution in [0.1, 0.15) is 13.8 Å². The van der Waals surface area contributed by atoms with E-state index < -0.39 is 8.32 Å². The number of halogens is 1. The highest BCUT2D eigenvalue weighted by Crippen LogP contribution is 2.09. The van der Waals surface area contributed by atoms with Crippen molar-refractivity contribution in [3.05, 3.63) is 0 Å². The third-order valence-electron chi connectivity index (χ3n) is 1.17. The predicted octanol–water partition coefficient (Wildman–Crippen LogP) is 2.17. The molecule has 0 aliphatic carbocycles. The van der Waals surface area contributed by atoms with E-state index >= 15 is 0 Å². The lowest BCUT2D eigenvalue weighted by atomic mass is 10.2. The zero-order valence-electron chi connectivity index (χ0n) is 7.48. The molecular formula is C7H15ClO2Si. The van der Waals surface area contributed by atoms with Crippen LogP contribution in [0.25, 0.3) is 0 Å². The molecule has 0 aromatic heterocycles. The molecule has 66 valence electrons. The number of alkyl halides is 1. The number of hydrogen-bond donors (Lipinski definition) is 0. The molecule has 0 aromatic rings. The summed E-state index contributed by atoms with van der Waals surface area (Å²) >= 11 is 5.63. The summed E-state index contributed by atoms with van der Waals surface area (Å²) in [6.07, 6.45) is 0. The number of carbonyl (C=O) groups excluding carboxylic acids is 1. The average molecular weight is 195 g/mol. The van der Waals surface area contributed by atoms with Gasteiger partial charge in [0.25, 0.3) is 14.3 Å². The zero-order valence-corrected chi connectivity index (χ0v) is 9.23. The maximum atomic E-state index is 11.1. The number of hydrogen-bond acceptors (Lipinski definition) is 2. The molecule has 0 N–H and O–H groups in total. The average Bonchev–Trinajstić information content (AvgIpc) is 1.87. The van der Waals surface area contributed by atoms with E-state index in [4.69, 9.17) is 16.0 Å². The monoisotopic (exact) mass is 194 g/mol. The molecule has 2 nitrogen and oxygen atoms in total. The van der Waals surface area contributed by atoms with Crippen molar-refractivity contribution in [3.63, 3.8) is 0 Å². The summed E-state index contributed by atoms with van der Waals surface area (Å²) in [6.45, 7) is 7.50. The number of rotatable bonds is 3. The fraction of sp³-hybridized carbons (Fsp3) is 0.857. The van der Waals surface area contributed by atoms with Gasteiger partial charge < -0.3 is 4.43 Å². The molecule has 0 fully saturated rings. The second-order valence-electron chi connectivity index (χ2n) is 3.47. The molecule has 0 aromatic carbocycles. The SMILES string of the molecule is CC(C)C(=O)O[Si](C)(C)CCl. The minimum atomic E-state index is -1.89. The van der Waals surface area contributed by atoms with Gasteiger partial charge in [0.05, 0.1) is 5.50 Å². The molecule has 0 radical (unpaired) electrons. The molecule has 0 bridgehead atoms. The summed E-state index contributed by atoms with van der Waals surface area (Å²) in [4.78, 5) is 11.1. The van der Waals surface area contributed by atoms with Gasteiger partial charge in [0.1, 0.15) is 0 Å². The summed E-state index contributed by atoms with van der Waals surface area (Å²) in [5.41, 5.74) is 0.464. The molecule has 11 heavy (non-hydrogen) atoms. The topological polar surface area (TPSA) is 26.3 Å². The van der Waals surface area contributed by atoms with Crippen molar-refractivity contribution in [1.82, 2.24) is 0 Å². The van der Waals surface area contributed by atoms with Crippen molar-refractivity contribution in [2.24, 2.45) is 5.92 Å². The summed E-state index contributed by atoms with van der Waals surface area (Å²) in [5.74, 6) is -0.188. The van der Waals surface area contributed by atoms with Gasteiger partial charge in [-0.3, -0.25) is 4.79 Å². The van der Waals surface area contributed by atoms with Gasteiger partial charge in [-0.15, -0.1) is 11.6 Å². The molecule has 0 amide bonds. The van der Waals surface area contributed by atoms with E-state index in [1.54, 1.807) is 0 Å². The molecule has 0 rings (SSSR count). The summed E-state index contributed by atoms with van der Waals surface area (Å²) in [6, 6.07) is 0. The van der Waals surface area contributed by atoms with Crippen LogP contribution >= 0.6 is 11.6 Å². The normalized spacial score (nSPS) is 11.8. The Bertz CT molecular complexity index is 145. The van der Waals surface area contributed by atoms with Crippen LogP contribution in [0.15, 0.2) is 0 Å². The predicted molar refractivity (Wildman–Crippen MR) is 49.1 cm³/mol. The lowest BCUT2D eigenvalue weighted by Crippen LogP contribution is -2.37. The molecule has 0 saturated heterocycles. The molecule has 0 atom stereocenters. The van der Waals surface area contributed by atoms with Crippen LogP contribution in [0, 0.1) is 5.92 Å². The minimum Gasteiger partial charge on any atom is -0.518 e. The van der Waals surface area contributed by atoms with E-state index in [2.05, 4.69) is 0 Å². The Morgan fingerprint density at radius 1 is 1.55 bits per heavy atom. The Balaban J connectivity index is 3.94. The largest absolute Gasteiger partial charge is 0.518 e. The standard InChI is InChI=1S/C7H15ClO2Si/c1-6(2)7(9)10-11(3,4)5-8/h6H,5H2,1-4H3. The second-order valence-corrected chi connectivity index (χ2v) is 8.26. The highest BCUT2D eigenvalue weighted by Gasteiger charge is 2.26. The van der Waals surface area contributed by atoms with Crippen LogP contribution in [0.3, 0.4) is 0 Å². The van der Waals surface area contributed by atoms with Crippen molar-refractivity contribution in [1.29, 1.82) is 0 Å². The van der Waals surface area contributed by atoms with Crippen molar-refractivity contribution in [3.8, 4) is 0 Å². The molecule has 4 heteroatoms. The van der Waals surface area contributed by atoms with Gasteiger partial charge in [0.2, 0.25) is 0 Å². The van der Waals surface area contributed by atoms with Crippen molar-refractivity contribution in [2.45, 2.75) is 26.9 Å². The van der Waals surface area contributed by atoms with Crippen LogP contribution in [0.5, 0.6) is 0 Å². The molecule has 0 unspecified atom stereocenters. The Labute approximate surface area is 74.0 Å². The zero-order chi connectivity index (χ0) is 9.07. The van der Waals surface area contributed by atoms with Gasteiger partial charge in [-0.05, 0) is 13.1 Å². The van der Waals surface area contributed by atoms with Crippen LogP contribution in [0.4, 0.5) is 0 Å². The summed E-state index contributed by atoms with van der Waals surface area (Å²) in [5, 5.41) is 0. The van der Waals surface area contributed by atoms with Crippen molar-refractivity contribution < 1.29 is 9.22 Å². The number of carbonyl (C=O) groups is 1. The van der Waals surface area contributed by atoms with Gasteiger partial charge in [0, 0.05) is 5.92 Å². The van der Waals surface area contributed by atoms with Gasteiger partial charge in [-0.1, -0.05) is 13.8 Å². The van der Waals surface area contributed by atoms with Crippen molar-refractivity contribution >= 4 is 25.9 Å². The molecule has 0 aliphatic rings. The Morgan fingerprint density at radius 2 is 2.00 bits per heavy atom. The molecular weight excluding hydrogens is 180 g/mol. The van der Waals surface area contributed by atoms with Gasteiger partial charge in [0.15, 0.2) is 0 Å². The first-order valence-electron chi connectivity index (χ1n) is 3.68. The molecule has 0 saturated carbocycles. The molecule has 0 heterocycles. The van der Waals surface area contributed by atoms with Crippen LogP contribution < -0.4 is 0 Å². The highest BCUT2D eigenvalue weighted by atomic mass is 35.5. The van der Waals surface area contributed by atoms with Gasteiger partial charge in [-0.25, -0.2) is 0 Å². The van der Waals surface area contributed by atoms with Gasteiger partial charge >= 0.3 is 0 Å². The second kappa shape index (κ2) is 4.12. The highest BCUT2D eigenvalue weighted by molar-refractivity contribution is 6.78. The van der Waals surface area contributed by atoms with E-state index in [1.807, 2.05) is 26.9 Å². The molecule has 0 spiro atoms. The third-order valence-corrected chi connectivity index (χ3v) is 4.50. The molecule has 0 aliphatic heterocycles. The Morgan fingerprint density at radius 3 is 2.27 bits per heavy atom. The van der Waals surface area contributed by atoms with E-state index in [-0.39, 0.29) is 11.9 Å². The quantitative estimate of drug-likeness (QED) is 0.509. The summed E-state index contributed by atoms with van der Waals surface area (Å²) < 4.78 is 5.22. The first-order chi connectivity index (χ1) is 4.89. The maximum absolute atomic E-state index is 11.1. The fourth-order valence-corrected chi connectivity index (χ4v) is 1.42. The maximum Gasteiger partial charge on any atom is 0.295 e. The van der Waals surface area contributed by atoms with E-state index in [0.29, 0.717) is 5.50 Å². The van der Waals surface area contributed by atoms with Crippen LogP contribution in [0.2, 0.25) is 13.1 Å². The first-order valence-corrected chi connectivity index (χ1v) is 7.33. The van der Waals surface area contributed by atoms with Crippen LogP contribution in [-0.2, 0) is 9.22 Å². The Hall–Kier alpha value is -0.0231. The van der Waals surface area contributed by atoms with Crippen molar-refractivity contribution in [2.75, 3.05) is 5.50 Å². The first kappa shape index (κ1) is 11.0. The van der Waals surface area contributed by atoms with E-state index in [1.165, 1.54) is 0 Å². The lowest BCUT2D eigenvalue weighted by molar-refractivity contribution is -0.138. The minimum absolute atomic E-state index is 0.0509. The van der Waals surface area contributed by atoms with E-state index in [9.17, 15) is 4.79 Å². The fourth-order valence-electron chi connectivity index (χ4n) is 0.417. The summed E-state index contributed by atoms with van der Waals surface area (Å²) in [7, 11) is -1.89. The lowest BCUT2D eigenvalue weighted by Gasteiger charge is -2.20.